The molecule has 1 aromatic heterocycles. The number of H-pyrrole nitrogens is 1. The smallest absolute Gasteiger partial charge is 0.252 e. The number of aromatic amines is 1. The monoisotopic (exact) mass is 239 g/mol. The second-order valence-corrected chi connectivity index (χ2v) is 4.02. The van der Waals surface area contributed by atoms with Crippen LogP contribution in [0, 0.1) is 0 Å². The Labute approximate surface area is 102 Å². The molecule has 1 heterocycles. The molecule has 0 bridgehead atoms. The molecule has 0 fully saturated rings. The second kappa shape index (κ2) is 7.06. The molecule has 96 valence electrons. The average molecular weight is 239 g/mol. The third kappa shape index (κ3) is 4.56. The van der Waals surface area contributed by atoms with E-state index in [1.807, 2.05) is 6.92 Å². The van der Waals surface area contributed by atoms with E-state index >= 15 is 0 Å². The number of methoxy groups -OCH3 is 1. The first kappa shape index (κ1) is 13.7. The number of nitrogens with one attached hydrogen (secondary N) is 2. The van der Waals surface area contributed by atoms with E-state index in [0.717, 1.165) is 12.8 Å². The minimum absolute atomic E-state index is 0.119. The highest BCUT2D eigenvalue weighted by Gasteiger charge is 2.08. The van der Waals surface area contributed by atoms with E-state index in [1.54, 1.807) is 7.11 Å². The predicted molar refractivity (Wildman–Crippen MR) is 68.4 cm³/mol. The van der Waals surface area contributed by atoms with Crippen LogP contribution < -0.4 is 10.9 Å². The number of hydrogen-bond donors (Lipinski definition) is 2. The molecule has 0 amide bonds. The molecule has 1 aromatic rings. The summed E-state index contributed by atoms with van der Waals surface area (Å²) in [7, 11) is 1.67. The third-order valence-electron chi connectivity index (χ3n) is 2.48. The van der Waals surface area contributed by atoms with Gasteiger partial charge in [0.05, 0.1) is 12.6 Å². The van der Waals surface area contributed by atoms with Gasteiger partial charge in [-0.3, -0.25) is 4.79 Å². The first-order valence-corrected chi connectivity index (χ1v) is 6.05. The van der Waals surface area contributed by atoms with Crippen LogP contribution in [0.2, 0.25) is 0 Å². The molecule has 0 aliphatic heterocycles. The number of aryl methyl sites for hydroxylation is 1. The Morgan fingerprint density at radius 3 is 2.88 bits per heavy atom. The van der Waals surface area contributed by atoms with Gasteiger partial charge in [-0.1, -0.05) is 20.3 Å². The fourth-order valence-electron chi connectivity index (χ4n) is 1.71. The summed E-state index contributed by atoms with van der Waals surface area (Å²) in [5.74, 6) is 1.33. The van der Waals surface area contributed by atoms with Crippen LogP contribution in [0.3, 0.4) is 0 Å². The molecule has 2 N–H and O–H groups in total. The summed E-state index contributed by atoms with van der Waals surface area (Å²) in [6, 6.07) is 1.68. The zero-order chi connectivity index (χ0) is 12.7. The van der Waals surface area contributed by atoms with Crippen LogP contribution in [0.4, 0.5) is 5.82 Å². The van der Waals surface area contributed by atoms with Gasteiger partial charge >= 0.3 is 0 Å². The highest BCUT2D eigenvalue weighted by Crippen LogP contribution is 2.06. The van der Waals surface area contributed by atoms with Gasteiger partial charge in [0.25, 0.3) is 5.56 Å². The van der Waals surface area contributed by atoms with E-state index in [9.17, 15) is 4.79 Å². The predicted octanol–water partition coefficient (Wildman–Crippen LogP) is 1.56. The first-order valence-electron chi connectivity index (χ1n) is 6.05. The van der Waals surface area contributed by atoms with Crippen molar-refractivity contribution in [2.75, 3.05) is 19.0 Å². The lowest BCUT2D eigenvalue weighted by atomic mass is 10.2. The maximum absolute atomic E-state index is 11.4. The fraction of sp³-hybridized carbons (Fsp3) is 0.667. The van der Waals surface area contributed by atoms with Crippen molar-refractivity contribution in [2.24, 2.45) is 0 Å². The molecule has 1 rings (SSSR count). The minimum atomic E-state index is -0.119. The van der Waals surface area contributed by atoms with Crippen molar-refractivity contribution in [3.8, 4) is 0 Å². The van der Waals surface area contributed by atoms with Gasteiger partial charge in [0, 0.05) is 19.6 Å². The largest absolute Gasteiger partial charge is 0.383 e. The van der Waals surface area contributed by atoms with E-state index in [1.165, 1.54) is 6.07 Å². The summed E-state index contributed by atoms with van der Waals surface area (Å²) in [4.78, 5) is 18.4. The maximum Gasteiger partial charge on any atom is 0.252 e. The lowest BCUT2D eigenvalue weighted by Gasteiger charge is -2.17. The van der Waals surface area contributed by atoms with E-state index in [4.69, 9.17) is 4.74 Å². The highest BCUT2D eigenvalue weighted by molar-refractivity contribution is 5.34. The molecule has 0 saturated carbocycles. The van der Waals surface area contributed by atoms with Gasteiger partial charge < -0.3 is 15.0 Å². The standard InChI is InChI=1S/C12H21N3O2/c1-4-6-9(8-17-3)13-11-7-12(16)15-10(5-2)14-11/h7,9H,4-6,8H2,1-3H3,(H2,13,14,15,16). The van der Waals surface area contributed by atoms with Gasteiger partial charge in [0.1, 0.15) is 11.6 Å². The average Bonchev–Trinajstić information content (AvgIpc) is 2.29. The van der Waals surface area contributed by atoms with Crippen LogP contribution in [0.15, 0.2) is 10.9 Å². The topological polar surface area (TPSA) is 67.0 Å². The van der Waals surface area contributed by atoms with Gasteiger partial charge in [0.2, 0.25) is 0 Å². The van der Waals surface area contributed by atoms with E-state index in [0.29, 0.717) is 24.7 Å². The molecule has 5 heteroatoms. The SMILES string of the molecule is CCCC(COC)Nc1cc(=O)[nH]c(CC)n1. The van der Waals surface area contributed by atoms with Crippen LogP contribution in [0.5, 0.6) is 0 Å². The van der Waals surface area contributed by atoms with Crippen LogP contribution in [-0.2, 0) is 11.2 Å². The second-order valence-electron chi connectivity index (χ2n) is 4.02. The Morgan fingerprint density at radius 2 is 2.29 bits per heavy atom. The Kier molecular flexibility index (Phi) is 5.69. The van der Waals surface area contributed by atoms with Crippen molar-refractivity contribution < 1.29 is 4.74 Å². The van der Waals surface area contributed by atoms with E-state index in [-0.39, 0.29) is 11.6 Å². The summed E-state index contributed by atoms with van der Waals surface area (Å²) in [6.07, 6.45) is 2.77. The maximum atomic E-state index is 11.4. The molecule has 1 atom stereocenters. The molecule has 0 radical (unpaired) electrons. The highest BCUT2D eigenvalue weighted by atomic mass is 16.5. The van der Waals surface area contributed by atoms with Gasteiger partial charge in [0.15, 0.2) is 0 Å². The minimum Gasteiger partial charge on any atom is -0.383 e. The number of hydrogen-bond acceptors (Lipinski definition) is 4. The lowest BCUT2D eigenvalue weighted by Crippen LogP contribution is -2.26. The molecule has 0 aliphatic carbocycles. The van der Waals surface area contributed by atoms with E-state index < -0.39 is 0 Å². The Hall–Kier alpha value is -1.36. The van der Waals surface area contributed by atoms with Crippen molar-refractivity contribution >= 4 is 5.82 Å². The van der Waals surface area contributed by atoms with Crippen molar-refractivity contribution in [1.82, 2.24) is 9.97 Å². The number of rotatable bonds is 7. The first-order chi connectivity index (χ1) is 8.19. The normalized spacial score (nSPS) is 12.4. The number of aromatic nitrogens is 2. The van der Waals surface area contributed by atoms with Crippen molar-refractivity contribution in [1.29, 1.82) is 0 Å². The summed E-state index contributed by atoms with van der Waals surface area (Å²) in [6.45, 7) is 4.69. The Morgan fingerprint density at radius 1 is 1.53 bits per heavy atom. The molecule has 17 heavy (non-hydrogen) atoms. The fourth-order valence-corrected chi connectivity index (χ4v) is 1.71. The Bertz CT molecular complexity index is 384. The summed E-state index contributed by atoms with van der Waals surface area (Å²) in [5, 5.41) is 3.24. The molecule has 1 unspecified atom stereocenters. The zero-order valence-corrected chi connectivity index (χ0v) is 10.7. The van der Waals surface area contributed by atoms with Crippen LogP contribution in [-0.4, -0.2) is 29.7 Å². The number of anilines is 1. The van der Waals surface area contributed by atoms with Crippen LogP contribution >= 0.6 is 0 Å². The summed E-state index contributed by atoms with van der Waals surface area (Å²) >= 11 is 0. The van der Waals surface area contributed by atoms with Gasteiger partial charge in [-0.15, -0.1) is 0 Å². The van der Waals surface area contributed by atoms with Gasteiger partial charge in [-0.25, -0.2) is 4.98 Å². The zero-order valence-electron chi connectivity index (χ0n) is 10.7. The quantitative estimate of drug-likeness (QED) is 0.757. The van der Waals surface area contributed by atoms with Gasteiger partial charge in [-0.05, 0) is 6.42 Å². The molecule has 0 saturated heterocycles. The molecular formula is C12H21N3O2. The van der Waals surface area contributed by atoms with Crippen molar-refractivity contribution in [2.45, 2.75) is 39.2 Å². The molecule has 0 spiro atoms. The summed E-state index contributed by atoms with van der Waals surface area (Å²) in [5.41, 5.74) is -0.119. The molecular weight excluding hydrogens is 218 g/mol. The number of nitrogens with zero attached hydrogens (tertiary/aromatic N) is 1. The Balaban J connectivity index is 2.77. The summed E-state index contributed by atoms with van der Waals surface area (Å²) < 4.78 is 5.14. The van der Waals surface area contributed by atoms with Crippen molar-refractivity contribution in [3.63, 3.8) is 0 Å². The lowest BCUT2D eigenvalue weighted by molar-refractivity contribution is 0.182. The molecule has 5 nitrogen and oxygen atoms in total. The van der Waals surface area contributed by atoms with Gasteiger partial charge in [-0.2, -0.15) is 0 Å². The molecule has 0 aliphatic rings. The van der Waals surface area contributed by atoms with Crippen LogP contribution in [0.1, 0.15) is 32.5 Å². The van der Waals surface area contributed by atoms with E-state index in [2.05, 4.69) is 22.2 Å². The number of ether oxygens (including phenoxy) is 1. The van der Waals surface area contributed by atoms with Crippen LogP contribution in [0.25, 0.3) is 0 Å². The van der Waals surface area contributed by atoms with Crippen molar-refractivity contribution in [3.05, 3.63) is 22.2 Å². The third-order valence-corrected chi connectivity index (χ3v) is 2.48. The molecule has 0 aromatic carbocycles.